The molecule has 0 saturated heterocycles. The lowest BCUT2D eigenvalue weighted by atomic mass is 9.55. The van der Waals surface area contributed by atoms with Gasteiger partial charge < -0.3 is 5.32 Å². The van der Waals surface area contributed by atoms with Crippen LogP contribution in [0.4, 0.5) is 0 Å². The quantitative estimate of drug-likeness (QED) is 0.172. The molecule has 1 aliphatic heterocycles. The highest BCUT2D eigenvalue weighted by Crippen LogP contribution is 2.63. The third-order valence-corrected chi connectivity index (χ3v) is 12.7. The second-order valence-electron chi connectivity index (χ2n) is 15.9. The average molecular weight is 715 g/mol. The van der Waals surface area contributed by atoms with Crippen LogP contribution in [0.3, 0.4) is 0 Å². The Hall–Kier alpha value is -6.70. The molecule has 11 rings (SSSR count). The van der Waals surface area contributed by atoms with Crippen LogP contribution in [0.5, 0.6) is 0 Å². The van der Waals surface area contributed by atoms with Crippen molar-refractivity contribution in [2.45, 2.75) is 30.7 Å². The first kappa shape index (κ1) is 32.7. The fourth-order valence-corrected chi connectivity index (χ4v) is 10.3. The van der Waals surface area contributed by atoms with Gasteiger partial charge in [0.25, 0.3) is 0 Å². The molecule has 0 N–H and O–H groups in total. The van der Waals surface area contributed by atoms with Gasteiger partial charge in [0.15, 0.2) is 0 Å². The number of benzene rings is 8. The van der Waals surface area contributed by atoms with E-state index in [-0.39, 0.29) is 11.5 Å². The SMILES string of the molecule is CC1(C)c2ccccc2C2(c3ccccc3-c3c(-c4ccc(C5C=C(c6ccccc6)C=C(c6ccccc6)[N-]5)c5ccccc45)cccc32)c2ccccc21. The maximum absolute atomic E-state index is 5.43. The van der Waals surface area contributed by atoms with E-state index < -0.39 is 5.41 Å². The summed E-state index contributed by atoms with van der Waals surface area (Å²) in [5.41, 5.74) is 18.6. The zero-order chi connectivity index (χ0) is 37.4. The molecule has 1 unspecified atom stereocenters. The summed E-state index contributed by atoms with van der Waals surface area (Å²) < 4.78 is 0. The van der Waals surface area contributed by atoms with E-state index >= 15 is 0 Å². The molecule has 1 heterocycles. The molecule has 0 saturated carbocycles. The summed E-state index contributed by atoms with van der Waals surface area (Å²) in [6.07, 6.45) is 4.57. The lowest BCUT2D eigenvalue weighted by Crippen LogP contribution is -2.40. The Morgan fingerprint density at radius 1 is 0.411 bits per heavy atom. The van der Waals surface area contributed by atoms with Gasteiger partial charge in [-0.05, 0) is 83.1 Å². The zero-order valence-electron chi connectivity index (χ0n) is 31.6. The molecule has 0 bridgehead atoms. The molecule has 1 spiro atoms. The third kappa shape index (κ3) is 4.61. The molecule has 1 nitrogen and oxygen atoms in total. The Labute approximate surface area is 329 Å². The number of rotatable bonds is 4. The second-order valence-corrected chi connectivity index (χ2v) is 15.9. The number of fused-ring (bicyclic) bond motifs is 10. The lowest BCUT2D eigenvalue weighted by Gasteiger charge is -2.46. The van der Waals surface area contributed by atoms with Gasteiger partial charge in [-0.25, -0.2) is 0 Å². The molecular weight excluding hydrogens is 675 g/mol. The van der Waals surface area contributed by atoms with Crippen LogP contribution in [-0.2, 0) is 10.8 Å². The fourth-order valence-electron chi connectivity index (χ4n) is 10.3. The molecule has 3 aliphatic rings. The minimum atomic E-state index is -0.430. The number of nitrogens with zero attached hydrogens (tertiary/aromatic N) is 1. The van der Waals surface area contributed by atoms with E-state index in [4.69, 9.17) is 5.32 Å². The number of allylic oxidation sites excluding steroid dienone is 2. The van der Waals surface area contributed by atoms with Crippen molar-refractivity contribution in [3.8, 4) is 22.3 Å². The highest BCUT2D eigenvalue weighted by molar-refractivity contribution is 6.06. The fraction of sp³-hybridized carbons (Fsp3) is 0.0909. The van der Waals surface area contributed by atoms with Gasteiger partial charge in [-0.3, -0.25) is 0 Å². The Kier molecular flexibility index (Phi) is 7.25. The van der Waals surface area contributed by atoms with Crippen LogP contribution in [0.15, 0.2) is 200 Å². The summed E-state index contributed by atoms with van der Waals surface area (Å²) in [4.78, 5) is 0. The molecule has 56 heavy (non-hydrogen) atoms. The lowest BCUT2D eigenvalue weighted by molar-refractivity contribution is 0.563. The van der Waals surface area contributed by atoms with Gasteiger partial charge in [-0.15, -0.1) is 5.70 Å². The molecule has 8 aromatic carbocycles. The molecule has 2 aliphatic carbocycles. The zero-order valence-corrected chi connectivity index (χ0v) is 31.6. The smallest absolute Gasteiger partial charge is 0.0719 e. The monoisotopic (exact) mass is 714 g/mol. The molecule has 0 aromatic heterocycles. The summed E-state index contributed by atoms with van der Waals surface area (Å²) in [7, 11) is 0. The average Bonchev–Trinajstić information content (AvgIpc) is 3.57. The largest absolute Gasteiger partial charge is 0.674 e. The van der Waals surface area contributed by atoms with Crippen molar-refractivity contribution in [2.24, 2.45) is 0 Å². The van der Waals surface area contributed by atoms with Crippen molar-refractivity contribution in [3.05, 3.63) is 256 Å². The van der Waals surface area contributed by atoms with Crippen molar-refractivity contribution in [3.63, 3.8) is 0 Å². The maximum atomic E-state index is 5.43. The van der Waals surface area contributed by atoms with Crippen LogP contribution >= 0.6 is 0 Å². The van der Waals surface area contributed by atoms with E-state index in [1.165, 1.54) is 83.1 Å². The van der Waals surface area contributed by atoms with E-state index in [2.05, 4.69) is 214 Å². The maximum Gasteiger partial charge on any atom is 0.0719 e. The Morgan fingerprint density at radius 2 is 0.946 bits per heavy atom. The van der Waals surface area contributed by atoms with Crippen molar-refractivity contribution >= 4 is 22.0 Å². The standard InChI is InChI=1S/C55H40N/c1-54(2)46-27-13-15-29-48(46)55(49-30-16-14-28-47(49)54)45-26-12-11-24-44(45)53-43(25-17-31-50(53)55)41-32-33-42(40-23-10-9-22-39(40)41)52-35-38(36-18-5-3-6-19-36)34-51(56-52)37-20-7-4-8-21-37/h3-35,52H,1-2H3/q-1. The van der Waals surface area contributed by atoms with Gasteiger partial charge in [0.1, 0.15) is 0 Å². The summed E-state index contributed by atoms with van der Waals surface area (Å²) in [5, 5.41) is 7.90. The van der Waals surface area contributed by atoms with Crippen LogP contribution < -0.4 is 0 Å². The predicted molar refractivity (Wildman–Crippen MR) is 234 cm³/mol. The summed E-state index contributed by atoms with van der Waals surface area (Å²) >= 11 is 0. The molecular formula is C55H40N-. The van der Waals surface area contributed by atoms with Crippen molar-refractivity contribution < 1.29 is 0 Å². The van der Waals surface area contributed by atoms with Gasteiger partial charge >= 0.3 is 0 Å². The first-order chi connectivity index (χ1) is 27.5. The van der Waals surface area contributed by atoms with Crippen molar-refractivity contribution in [2.75, 3.05) is 0 Å². The predicted octanol–water partition coefficient (Wildman–Crippen LogP) is 14.1. The molecule has 1 atom stereocenters. The summed E-state index contributed by atoms with van der Waals surface area (Å²) in [5.74, 6) is 0. The second kappa shape index (κ2) is 12.4. The molecule has 0 amide bonds. The van der Waals surface area contributed by atoms with E-state index in [1.807, 2.05) is 0 Å². The minimum Gasteiger partial charge on any atom is -0.674 e. The van der Waals surface area contributed by atoms with E-state index in [0.717, 1.165) is 11.3 Å². The number of hydrogen-bond donors (Lipinski definition) is 0. The Morgan fingerprint density at radius 3 is 1.64 bits per heavy atom. The molecule has 8 aromatic rings. The normalized spacial score (nSPS) is 16.9. The van der Waals surface area contributed by atoms with Gasteiger partial charge in [-0.2, -0.15) is 0 Å². The van der Waals surface area contributed by atoms with E-state index in [0.29, 0.717) is 0 Å². The van der Waals surface area contributed by atoms with E-state index in [1.54, 1.807) is 0 Å². The van der Waals surface area contributed by atoms with Crippen LogP contribution in [0.1, 0.15) is 70.0 Å². The summed E-state index contributed by atoms with van der Waals surface area (Å²) in [6, 6.07) is 69.3. The Bertz CT molecular complexity index is 2860. The first-order valence-electron chi connectivity index (χ1n) is 19.8. The third-order valence-electron chi connectivity index (χ3n) is 12.7. The van der Waals surface area contributed by atoms with Gasteiger partial charge in [-0.1, -0.05) is 226 Å². The van der Waals surface area contributed by atoms with E-state index in [9.17, 15) is 0 Å². The van der Waals surface area contributed by atoms with Gasteiger partial charge in [0.05, 0.1) is 5.41 Å². The summed E-state index contributed by atoms with van der Waals surface area (Å²) in [6.45, 7) is 4.78. The Balaban J connectivity index is 1.13. The van der Waals surface area contributed by atoms with Crippen LogP contribution in [0, 0.1) is 0 Å². The highest BCUT2D eigenvalue weighted by atomic mass is 14.9. The molecule has 0 radical (unpaired) electrons. The molecule has 0 fully saturated rings. The van der Waals surface area contributed by atoms with Gasteiger partial charge in [0, 0.05) is 5.41 Å². The number of hydrogen-bond acceptors (Lipinski definition) is 0. The van der Waals surface area contributed by atoms with Gasteiger partial charge in [0.2, 0.25) is 0 Å². The topological polar surface area (TPSA) is 14.1 Å². The highest BCUT2D eigenvalue weighted by Gasteiger charge is 2.53. The molecule has 266 valence electrons. The van der Waals surface area contributed by atoms with Crippen LogP contribution in [0.2, 0.25) is 0 Å². The van der Waals surface area contributed by atoms with Crippen molar-refractivity contribution in [1.29, 1.82) is 0 Å². The van der Waals surface area contributed by atoms with Crippen LogP contribution in [-0.4, -0.2) is 0 Å². The first-order valence-corrected chi connectivity index (χ1v) is 19.8. The van der Waals surface area contributed by atoms with Crippen molar-refractivity contribution in [1.82, 2.24) is 0 Å². The molecule has 1 heteroatoms. The minimum absolute atomic E-state index is 0.131. The van der Waals surface area contributed by atoms with Crippen LogP contribution in [0.25, 0.3) is 49.6 Å².